The third-order valence-corrected chi connectivity index (χ3v) is 5.08. The Morgan fingerprint density at radius 2 is 2.05 bits per heavy atom. The van der Waals surface area contributed by atoms with Gasteiger partial charge in [-0.25, -0.2) is 9.97 Å². The van der Waals surface area contributed by atoms with E-state index in [1.54, 1.807) is 12.4 Å². The van der Waals surface area contributed by atoms with Gasteiger partial charge in [-0.3, -0.25) is 4.79 Å². The van der Waals surface area contributed by atoms with E-state index >= 15 is 0 Å². The fraction of sp³-hybridized carbons (Fsp3) is 0.688. The first kappa shape index (κ1) is 14.4. The maximum Gasteiger partial charge on any atom is 0.257 e. The van der Waals surface area contributed by atoms with Gasteiger partial charge in [0.2, 0.25) is 0 Å². The van der Waals surface area contributed by atoms with E-state index in [0.717, 1.165) is 45.1 Å². The van der Waals surface area contributed by atoms with E-state index in [1.165, 1.54) is 6.33 Å². The molecule has 1 saturated carbocycles. The molecule has 21 heavy (non-hydrogen) atoms. The molecule has 3 atom stereocenters. The minimum atomic E-state index is -0.654. The first-order chi connectivity index (χ1) is 10.1. The monoisotopic (exact) mass is 289 g/mol. The van der Waals surface area contributed by atoms with Crippen LogP contribution in [0.2, 0.25) is 0 Å². The molecular formula is C16H23N3O2. The molecule has 5 nitrogen and oxygen atoms in total. The molecule has 1 amide bonds. The lowest BCUT2D eigenvalue weighted by molar-refractivity contribution is -0.0577. The largest absolute Gasteiger partial charge is 0.390 e. The molecule has 1 aliphatic carbocycles. The van der Waals surface area contributed by atoms with Crippen molar-refractivity contribution in [1.29, 1.82) is 0 Å². The van der Waals surface area contributed by atoms with Crippen LogP contribution >= 0.6 is 0 Å². The second-order valence-electron chi connectivity index (χ2n) is 6.54. The first-order valence-electron chi connectivity index (χ1n) is 7.88. The van der Waals surface area contributed by atoms with Crippen LogP contribution in [0.15, 0.2) is 18.7 Å². The Balaban J connectivity index is 1.81. The molecule has 0 unspecified atom stereocenters. The Labute approximate surface area is 125 Å². The lowest BCUT2D eigenvalue weighted by atomic mass is 9.72. The highest BCUT2D eigenvalue weighted by Crippen LogP contribution is 2.40. The Hall–Kier alpha value is -1.49. The van der Waals surface area contributed by atoms with E-state index < -0.39 is 5.60 Å². The SMILES string of the molecule is C[C@]1(O)CCCC[C@@H]1[C@@H]1CCCN1C(=O)c1cncnc1. The number of carbonyl (C=O) groups excluding carboxylic acids is 1. The molecule has 1 aromatic heterocycles. The topological polar surface area (TPSA) is 66.3 Å². The number of likely N-dealkylation sites (tertiary alicyclic amines) is 1. The molecule has 1 N–H and O–H groups in total. The highest BCUT2D eigenvalue weighted by atomic mass is 16.3. The Morgan fingerprint density at radius 1 is 1.29 bits per heavy atom. The molecule has 5 heteroatoms. The summed E-state index contributed by atoms with van der Waals surface area (Å²) in [5, 5.41) is 10.7. The highest BCUT2D eigenvalue weighted by Gasteiger charge is 2.44. The van der Waals surface area contributed by atoms with Gasteiger partial charge >= 0.3 is 0 Å². The Bertz CT molecular complexity index is 504. The lowest BCUT2D eigenvalue weighted by Crippen LogP contribution is -2.50. The van der Waals surface area contributed by atoms with Crippen LogP contribution in [0.5, 0.6) is 0 Å². The molecule has 2 heterocycles. The van der Waals surface area contributed by atoms with Crippen molar-refractivity contribution in [3.8, 4) is 0 Å². The molecule has 2 fully saturated rings. The van der Waals surface area contributed by atoms with Gasteiger partial charge in [0, 0.05) is 30.9 Å². The van der Waals surface area contributed by atoms with Gasteiger partial charge in [-0.2, -0.15) is 0 Å². The quantitative estimate of drug-likeness (QED) is 0.904. The third-order valence-electron chi connectivity index (χ3n) is 5.08. The second-order valence-corrected chi connectivity index (χ2v) is 6.54. The van der Waals surface area contributed by atoms with E-state index in [4.69, 9.17) is 0 Å². The van der Waals surface area contributed by atoms with E-state index in [9.17, 15) is 9.90 Å². The molecule has 3 rings (SSSR count). The van der Waals surface area contributed by atoms with Crippen molar-refractivity contribution in [2.24, 2.45) is 5.92 Å². The van der Waals surface area contributed by atoms with E-state index in [0.29, 0.717) is 5.56 Å². The van der Waals surface area contributed by atoms with E-state index in [1.807, 2.05) is 11.8 Å². The molecule has 1 aliphatic heterocycles. The summed E-state index contributed by atoms with van der Waals surface area (Å²) >= 11 is 0. The summed E-state index contributed by atoms with van der Waals surface area (Å²) in [6.07, 6.45) is 10.6. The third kappa shape index (κ3) is 2.79. The summed E-state index contributed by atoms with van der Waals surface area (Å²) < 4.78 is 0. The Kier molecular flexibility index (Phi) is 3.93. The number of rotatable bonds is 2. The number of carbonyl (C=O) groups is 1. The van der Waals surface area contributed by atoms with Crippen LogP contribution < -0.4 is 0 Å². The van der Waals surface area contributed by atoms with Gasteiger partial charge in [-0.05, 0) is 32.6 Å². The van der Waals surface area contributed by atoms with Crippen LogP contribution in [0.25, 0.3) is 0 Å². The van der Waals surface area contributed by atoms with Crippen molar-refractivity contribution in [3.05, 3.63) is 24.3 Å². The molecule has 0 radical (unpaired) electrons. The van der Waals surface area contributed by atoms with E-state index in [2.05, 4.69) is 9.97 Å². The number of nitrogens with zero attached hydrogens (tertiary/aromatic N) is 3. The van der Waals surface area contributed by atoms with Crippen LogP contribution in [0.1, 0.15) is 55.8 Å². The summed E-state index contributed by atoms with van der Waals surface area (Å²) in [5.41, 5.74) is -0.112. The fourth-order valence-electron chi connectivity index (χ4n) is 3.99. The maximum atomic E-state index is 12.7. The zero-order valence-corrected chi connectivity index (χ0v) is 12.5. The smallest absolute Gasteiger partial charge is 0.257 e. The summed E-state index contributed by atoms with van der Waals surface area (Å²) in [6, 6.07) is 0.146. The van der Waals surface area contributed by atoms with Gasteiger partial charge < -0.3 is 10.0 Å². The number of hydrogen-bond acceptors (Lipinski definition) is 4. The van der Waals surface area contributed by atoms with Gasteiger partial charge in [-0.15, -0.1) is 0 Å². The number of hydrogen-bond donors (Lipinski definition) is 1. The first-order valence-corrected chi connectivity index (χ1v) is 7.88. The van der Waals surface area contributed by atoms with E-state index in [-0.39, 0.29) is 17.9 Å². The van der Waals surface area contributed by atoms with Crippen LogP contribution in [-0.2, 0) is 0 Å². The standard InChI is InChI=1S/C16H23N3O2/c1-16(21)7-3-2-5-13(16)14-6-4-8-19(14)15(20)12-9-17-11-18-10-12/h9-11,13-14,21H,2-8H2,1H3/t13-,14+,16+/m1/s1. The Morgan fingerprint density at radius 3 is 2.76 bits per heavy atom. The van der Waals surface area contributed by atoms with Crippen molar-refractivity contribution in [1.82, 2.24) is 14.9 Å². The molecule has 0 aromatic carbocycles. The van der Waals surface area contributed by atoms with Crippen LogP contribution in [0.3, 0.4) is 0 Å². The zero-order chi connectivity index (χ0) is 14.9. The average molecular weight is 289 g/mol. The minimum Gasteiger partial charge on any atom is -0.390 e. The molecular weight excluding hydrogens is 266 g/mol. The normalized spacial score (nSPS) is 33.1. The van der Waals surface area contributed by atoms with Gasteiger partial charge in [0.15, 0.2) is 0 Å². The van der Waals surface area contributed by atoms with Crippen molar-refractivity contribution in [2.75, 3.05) is 6.54 Å². The molecule has 2 aliphatic rings. The van der Waals surface area contributed by atoms with Gasteiger partial charge in [0.05, 0.1) is 11.2 Å². The maximum absolute atomic E-state index is 12.7. The summed E-state index contributed by atoms with van der Waals surface area (Å²) in [6.45, 7) is 2.70. The minimum absolute atomic E-state index is 0.000488. The van der Waals surface area contributed by atoms with Crippen molar-refractivity contribution >= 4 is 5.91 Å². The molecule has 1 aromatic rings. The number of aliphatic hydroxyl groups is 1. The lowest BCUT2D eigenvalue weighted by Gasteiger charge is -2.43. The molecule has 0 spiro atoms. The summed E-state index contributed by atoms with van der Waals surface area (Å²) in [5.74, 6) is 0.182. The highest BCUT2D eigenvalue weighted by molar-refractivity contribution is 5.94. The van der Waals surface area contributed by atoms with Gasteiger partial charge in [-0.1, -0.05) is 12.8 Å². The number of aromatic nitrogens is 2. The van der Waals surface area contributed by atoms with Crippen molar-refractivity contribution in [2.45, 2.75) is 57.1 Å². The second kappa shape index (κ2) is 5.72. The van der Waals surface area contributed by atoms with Gasteiger partial charge in [0.25, 0.3) is 5.91 Å². The summed E-state index contributed by atoms with van der Waals surface area (Å²) in [4.78, 5) is 22.5. The molecule has 1 saturated heterocycles. The van der Waals surface area contributed by atoms with Crippen LogP contribution in [-0.4, -0.2) is 44.1 Å². The van der Waals surface area contributed by atoms with Crippen molar-refractivity contribution in [3.63, 3.8) is 0 Å². The molecule has 114 valence electrons. The summed E-state index contributed by atoms with van der Waals surface area (Å²) in [7, 11) is 0. The predicted octanol–water partition coefficient (Wildman–Crippen LogP) is 2.02. The zero-order valence-electron chi connectivity index (χ0n) is 12.5. The van der Waals surface area contributed by atoms with Crippen LogP contribution in [0, 0.1) is 5.92 Å². The fourth-order valence-corrected chi connectivity index (χ4v) is 3.99. The average Bonchev–Trinajstić information content (AvgIpc) is 2.96. The molecule has 0 bridgehead atoms. The van der Waals surface area contributed by atoms with Crippen molar-refractivity contribution < 1.29 is 9.90 Å². The predicted molar refractivity (Wildman–Crippen MR) is 78.7 cm³/mol. The van der Waals surface area contributed by atoms with Gasteiger partial charge in [0.1, 0.15) is 6.33 Å². The number of amides is 1. The van der Waals surface area contributed by atoms with Crippen LogP contribution in [0.4, 0.5) is 0 Å².